The summed E-state index contributed by atoms with van der Waals surface area (Å²) in [5, 5.41) is 2.46. The Kier molecular flexibility index (Phi) is 6.21. The molecule has 6 heteroatoms. The number of nitrogens with two attached hydrogens (primary N) is 1. The molecular formula is C12H17ClF2N2O. The van der Waals surface area contributed by atoms with Gasteiger partial charge < -0.3 is 11.1 Å². The standard InChI is InChI=1S/C12H16F2N2O.ClH/c1-3-6-12(2,15)11(17)16-8-4-5-9(13)10(14)7-8;/h4-5,7H,3,6,15H2,1-2H3,(H,16,17);1H. The van der Waals surface area contributed by atoms with Crippen molar-refractivity contribution in [2.24, 2.45) is 5.73 Å². The highest BCUT2D eigenvalue weighted by Gasteiger charge is 2.27. The van der Waals surface area contributed by atoms with Crippen molar-refractivity contribution in [2.75, 3.05) is 5.32 Å². The van der Waals surface area contributed by atoms with Gasteiger partial charge in [-0.1, -0.05) is 13.3 Å². The van der Waals surface area contributed by atoms with E-state index in [9.17, 15) is 13.6 Å². The fourth-order valence-corrected chi connectivity index (χ4v) is 1.48. The fourth-order valence-electron chi connectivity index (χ4n) is 1.48. The monoisotopic (exact) mass is 278 g/mol. The average Bonchev–Trinajstić information content (AvgIpc) is 2.23. The maximum Gasteiger partial charge on any atom is 0.244 e. The van der Waals surface area contributed by atoms with Crippen LogP contribution in [0.3, 0.4) is 0 Å². The number of benzene rings is 1. The minimum atomic E-state index is -1.01. The first-order valence-corrected chi connectivity index (χ1v) is 5.42. The molecule has 0 saturated heterocycles. The first-order valence-electron chi connectivity index (χ1n) is 5.42. The molecule has 0 radical (unpaired) electrons. The van der Waals surface area contributed by atoms with Gasteiger partial charge in [0.25, 0.3) is 0 Å². The van der Waals surface area contributed by atoms with Crippen molar-refractivity contribution in [1.82, 2.24) is 0 Å². The van der Waals surface area contributed by atoms with Gasteiger partial charge in [-0.05, 0) is 25.5 Å². The number of carbonyl (C=O) groups is 1. The van der Waals surface area contributed by atoms with Crippen molar-refractivity contribution in [3.8, 4) is 0 Å². The highest BCUT2D eigenvalue weighted by molar-refractivity contribution is 5.97. The molecule has 102 valence electrons. The third-order valence-electron chi connectivity index (χ3n) is 2.47. The quantitative estimate of drug-likeness (QED) is 0.890. The van der Waals surface area contributed by atoms with E-state index in [1.807, 2.05) is 6.92 Å². The van der Waals surface area contributed by atoms with E-state index >= 15 is 0 Å². The van der Waals surface area contributed by atoms with E-state index in [0.29, 0.717) is 6.42 Å². The van der Waals surface area contributed by atoms with Gasteiger partial charge >= 0.3 is 0 Å². The highest BCUT2D eigenvalue weighted by Crippen LogP contribution is 2.16. The maximum absolute atomic E-state index is 12.9. The third-order valence-corrected chi connectivity index (χ3v) is 2.47. The lowest BCUT2D eigenvalue weighted by atomic mass is 9.96. The van der Waals surface area contributed by atoms with E-state index in [2.05, 4.69) is 5.32 Å². The van der Waals surface area contributed by atoms with Crippen molar-refractivity contribution >= 4 is 24.0 Å². The second-order valence-electron chi connectivity index (χ2n) is 4.25. The SMILES string of the molecule is CCCC(C)(N)C(=O)Nc1ccc(F)c(F)c1.Cl. The molecule has 0 bridgehead atoms. The van der Waals surface area contributed by atoms with Crippen LogP contribution in [0.15, 0.2) is 18.2 Å². The molecule has 0 saturated carbocycles. The van der Waals surface area contributed by atoms with Crippen LogP contribution in [-0.2, 0) is 4.79 Å². The normalized spacial score (nSPS) is 13.4. The summed E-state index contributed by atoms with van der Waals surface area (Å²) in [4.78, 5) is 11.8. The van der Waals surface area contributed by atoms with Crippen molar-refractivity contribution < 1.29 is 13.6 Å². The van der Waals surface area contributed by atoms with Crippen LogP contribution in [-0.4, -0.2) is 11.4 Å². The van der Waals surface area contributed by atoms with Gasteiger partial charge in [0.15, 0.2) is 11.6 Å². The zero-order valence-corrected chi connectivity index (χ0v) is 11.1. The van der Waals surface area contributed by atoms with Crippen molar-refractivity contribution in [3.05, 3.63) is 29.8 Å². The third kappa shape index (κ3) is 4.23. The van der Waals surface area contributed by atoms with Crippen molar-refractivity contribution in [2.45, 2.75) is 32.2 Å². The summed E-state index contributed by atoms with van der Waals surface area (Å²) < 4.78 is 25.6. The van der Waals surface area contributed by atoms with Crippen LogP contribution < -0.4 is 11.1 Å². The van der Waals surface area contributed by atoms with Crippen LogP contribution in [0.4, 0.5) is 14.5 Å². The lowest BCUT2D eigenvalue weighted by molar-refractivity contribution is -0.120. The number of rotatable bonds is 4. The first kappa shape index (κ1) is 16.8. The molecule has 3 nitrogen and oxygen atoms in total. The van der Waals surface area contributed by atoms with Crippen LogP contribution in [0.25, 0.3) is 0 Å². The molecule has 1 unspecified atom stereocenters. The van der Waals surface area contributed by atoms with Gasteiger partial charge in [-0.15, -0.1) is 12.4 Å². The zero-order valence-electron chi connectivity index (χ0n) is 10.3. The lowest BCUT2D eigenvalue weighted by Crippen LogP contribution is -2.48. The highest BCUT2D eigenvalue weighted by atomic mass is 35.5. The van der Waals surface area contributed by atoms with E-state index < -0.39 is 23.1 Å². The lowest BCUT2D eigenvalue weighted by Gasteiger charge is -2.22. The molecule has 0 spiro atoms. The Balaban J connectivity index is 0.00000289. The largest absolute Gasteiger partial charge is 0.324 e. The zero-order chi connectivity index (χ0) is 13.1. The number of nitrogens with one attached hydrogen (secondary N) is 1. The number of anilines is 1. The van der Waals surface area contributed by atoms with E-state index in [0.717, 1.165) is 18.6 Å². The van der Waals surface area contributed by atoms with Crippen LogP contribution in [0.2, 0.25) is 0 Å². The van der Waals surface area contributed by atoms with Gasteiger partial charge in [-0.25, -0.2) is 8.78 Å². The summed E-state index contributed by atoms with van der Waals surface area (Å²) in [7, 11) is 0. The van der Waals surface area contributed by atoms with Crippen LogP contribution in [0, 0.1) is 11.6 Å². The predicted molar refractivity (Wildman–Crippen MR) is 69.7 cm³/mol. The van der Waals surface area contributed by atoms with Crippen LogP contribution in [0.1, 0.15) is 26.7 Å². The molecule has 1 aromatic carbocycles. The average molecular weight is 279 g/mol. The molecule has 1 amide bonds. The van der Waals surface area contributed by atoms with Gasteiger partial charge in [0.05, 0.1) is 5.54 Å². The smallest absolute Gasteiger partial charge is 0.244 e. The molecule has 0 aliphatic rings. The molecule has 3 N–H and O–H groups in total. The molecule has 0 heterocycles. The minimum Gasteiger partial charge on any atom is -0.324 e. The topological polar surface area (TPSA) is 55.1 Å². The van der Waals surface area contributed by atoms with Crippen LogP contribution in [0.5, 0.6) is 0 Å². The summed E-state index contributed by atoms with van der Waals surface area (Å²) in [6, 6.07) is 3.17. The summed E-state index contributed by atoms with van der Waals surface area (Å²) in [5.41, 5.74) is 4.99. The van der Waals surface area contributed by atoms with Crippen molar-refractivity contribution in [1.29, 1.82) is 0 Å². The molecule has 0 aromatic heterocycles. The van der Waals surface area contributed by atoms with E-state index in [1.54, 1.807) is 6.92 Å². The number of amides is 1. The van der Waals surface area contributed by atoms with E-state index in [-0.39, 0.29) is 18.1 Å². The van der Waals surface area contributed by atoms with Gasteiger partial charge in [-0.3, -0.25) is 4.79 Å². The first-order chi connectivity index (χ1) is 7.86. The van der Waals surface area contributed by atoms with E-state index in [1.165, 1.54) is 6.07 Å². The Morgan fingerprint density at radius 1 is 1.39 bits per heavy atom. The van der Waals surface area contributed by atoms with E-state index in [4.69, 9.17) is 5.73 Å². The Bertz CT molecular complexity index is 425. The van der Waals surface area contributed by atoms with Gasteiger partial charge in [0.1, 0.15) is 0 Å². The maximum atomic E-state index is 12.9. The predicted octanol–water partition coefficient (Wildman–Crippen LogP) is 2.84. The molecule has 18 heavy (non-hydrogen) atoms. The summed E-state index contributed by atoms with van der Waals surface area (Å²) in [5.74, 6) is -2.37. The number of carbonyl (C=O) groups excluding carboxylic acids is 1. The molecule has 1 aromatic rings. The molecule has 1 atom stereocenters. The minimum absolute atomic E-state index is 0. The fraction of sp³-hybridized carbons (Fsp3) is 0.417. The van der Waals surface area contributed by atoms with Gasteiger partial charge in [-0.2, -0.15) is 0 Å². The van der Waals surface area contributed by atoms with Crippen LogP contribution >= 0.6 is 12.4 Å². The van der Waals surface area contributed by atoms with Gasteiger partial charge in [0, 0.05) is 11.8 Å². The Labute approximate surface area is 111 Å². The van der Waals surface area contributed by atoms with Gasteiger partial charge in [0.2, 0.25) is 5.91 Å². The number of halogens is 3. The second-order valence-corrected chi connectivity index (χ2v) is 4.25. The second kappa shape index (κ2) is 6.66. The molecule has 1 rings (SSSR count). The molecular weight excluding hydrogens is 262 g/mol. The molecule has 0 fully saturated rings. The number of hydrogen-bond acceptors (Lipinski definition) is 2. The summed E-state index contributed by atoms with van der Waals surface area (Å²) in [6.45, 7) is 3.52. The van der Waals surface area contributed by atoms with Crippen molar-refractivity contribution in [3.63, 3.8) is 0 Å². The summed E-state index contributed by atoms with van der Waals surface area (Å²) in [6.07, 6.45) is 1.28. The summed E-state index contributed by atoms with van der Waals surface area (Å²) >= 11 is 0. The Morgan fingerprint density at radius 3 is 2.50 bits per heavy atom. The Morgan fingerprint density at radius 2 is 2.00 bits per heavy atom. The number of hydrogen-bond donors (Lipinski definition) is 2. The molecule has 0 aliphatic carbocycles. The molecule has 0 aliphatic heterocycles. The Hall–Kier alpha value is -1.20.